The molecule has 1 aromatic carbocycles. The van der Waals surface area contributed by atoms with Crippen LogP contribution in [-0.2, 0) is 16.6 Å². The zero-order valence-corrected chi connectivity index (χ0v) is 13.6. The maximum absolute atomic E-state index is 12.2. The third-order valence-corrected chi connectivity index (χ3v) is 5.50. The molecule has 0 saturated carbocycles. The van der Waals surface area contributed by atoms with Crippen molar-refractivity contribution in [2.75, 3.05) is 18.6 Å². The molecule has 18 heavy (non-hydrogen) atoms. The largest absolute Gasteiger partial charge is 0.326 e. The van der Waals surface area contributed by atoms with Crippen molar-refractivity contribution >= 4 is 37.7 Å². The van der Waals surface area contributed by atoms with E-state index in [1.54, 1.807) is 24.8 Å². The SMILES string of the molecule is CSCCNS(=O)(=O)c1cc(CN)cc(Br)c1C. The molecule has 0 bridgehead atoms. The Kier molecular flexibility index (Phi) is 6.13. The van der Waals surface area contributed by atoms with Gasteiger partial charge in [0.2, 0.25) is 10.0 Å². The molecule has 0 aliphatic heterocycles. The summed E-state index contributed by atoms with van der Waals surface area (Å²) >= 11 is 4.96. The summed E-state index contributed by atoms with van der Waals surface area (Å²) in [6.45, 7) is 2.51. The topological polar surface area (TPSA) is 72.2 Å². The van der Waals surface area contributed by atoms with Crippen LogP contribution in [0, 0.1) is 6.92 Å². The fraction of sp³-hybridized carbons (Fsp3) is 0.455. The van der Waals surface area contributed by atoms with Crippen LogP contribution in [0.3, 0.4) is 0 Å². The van der Waals surface area contributed by atoms with Crippen molar-refractivity contribution in [1.82, 2.24) is 4.72 Å². The van der Waals surface area contributed by atoms with E-state index in [1.807, 2.05) is 12.3 Å². The van der Waals surface area contributed by atoms with Crippen LogP contribution < -0.4 is 10.5 Å². The molecular weight excluding hydrogens is 336 g/mol. The van der Waals surface area contributed by atoms with Gasteiger partial charge >= 0.3 is 0 Å². The molecule has 102 valence electrons. The first kappa shape index (κ1) is 16.0. The molecular formula is C11H17BrN2O2S2. The van der Waals surface area contributed by atoms with E-state index in [4.69, 9.17) is 5.73 Å². The number of halogens is 1. The minimum Gasteiger partial charge on any atom is -0.326 e. The quantitative estimate of drug-likeness (QED) is 0.766. The van der Waals surface area contributed by atoms with Gasteiger partial charge in [0.05, 0.1) is 4.90 Å². The van der Waals surface area contributed by atoms with Crippen LogP contribution in [0.2, 0.25) is 0 Å². The number of nitrogens with one attached hydrogen (secondary N) is 1. The first-order valence-electron chi connectivity index (χ1n) is 5.40. The lowest BCUT2D eigenvalue weighted by atomic mass is 10.1. The Morgan fingerprint density at radius 3 is 2.67 bits per heavy atom. The van der Waals surface area contributed by atoms with Gasteiger partial charge in [0.15, 0.2) is 0 Å². The molecule has 0 aliphatic rings. The number of hydrogen-bond donors (Lipinski definition) is 2. The van der Waals surface area contributed by atoms with E-state index in [9.17, 15) is 8.42 Å². The fourth-order valence-electron chi connectivity index (χ4n) is 1.46. The third kappa shape index (κ3) is 3.96. The van der Waals surface area contributed by atoms with Gasteiger partial charge in [0.25, 0.3) is 0 Å². The molecule has 1 rings (SSSR count). The molecule has 0 aliphatic carbocycles. The smallest absolute Gasteiger partial charge is 0.240 e. The van der Waals surface area contributed by atoms with Gasteiger partial charge in [-0.15, -0.1) is 0 Å². The van der Waals surface area contributed by atoms with Crippen LogP contribution in [0.5, 0.6) is 0 Å². The molecule has 0 spiro atoms. The number of sulfonamides is 1. The van der Waals surface area contributed by atoms with Gasteiger partial charge < -0.3 is 5.73 Å². The highest BCUT2D eigenvalue weighted by molar-refractivity contribution is 9.10. The molecule has 7 heteroatoms. The lowest BCUT2D eigenvalue weighted by Gasteiger charge is -2.12. The normalized spacial score (nSPS) is 11.8. The first-order chi connectivity index (χ1) is 8.42. The fourth-order valence-corrected chi connectivity index (χ4v) is 3.88. The molecule has 4 nitrogen and oxygen atoms in total. The zero-order valence-electron chi connectivity index (χ0n) is 10.4. The highest BCUT2D eigenvalue weighted by Gasteiger charge is 2.18. The molecule has 0 fully saturated rings. The summed E-state index contributed by atoms with van der Waals surface area (Å²) < 4.78 is 27.7. The summed E-state index contributed by atoms with van der Waals surface area (Å²) in [6, 6.07) is 3.47. The lowest BCUT2D eigenvalue weighted by Crippen LogP contribution is -2.27. The van der Waals surface area contributed by atoms with Crippen LogP contribution in [0.4, 0.5) is 0 Å². The second kappa shape index (κ2) is 6.91. The summed E-state index contributed by atoms with van der Waals surface area (Å²) in [5.74, 6) is 0.746. The number of thioether (sulfide) groups is 1. The predicted molar refractivity (Wildman–Crippen MR) is 80.3 cm³/mol. The van der Waals surface area contributed by atoms with Crippen LogP contribution in [-0.4, -0.2) is 27.0 Å². The van der Waals surface area contributed by atoms with Crippen LogP contribution in [0.25, 0.3) is 0 Å². The van der Waals surface area contributed by atoms with Crippen molar-refractivity contribution in [2.24, 2.45) is 5.73 Å². The molecule has 3 N–H and O–H groups in total. The summed E-state index contributed by atoms with van der Waals surface area (Å²) in [6.07, 6.45) is 1.94. The highest BCUT2D eigenvalue weighted by Crippen LogP contribution is 2.25. The van der Waals surface area contributed by atoms with E-state index < -0.39 is 10.0 Å². The standard InChI is InChI=1S/C11H17BrN2O2S2/c1-8-10(12)5-9(7-13)6-11(8)18(15,16)14-3-4-17-2/h5-6,14H,3-4,7,13H2,1-2H3. The van der Waals surface area contributed by atoms with Crippen molar-refractivity contribution < 1.29 is 8.42 Å². The Hall–Kier alpha value is -0.0800. The Balaban J connectivity index is 3.11. The summed E-state index contributed by atoms with van der Waals surface area (Å²) in [7, 11) is -3.47. The van der Waals surface area contributed by atoms with Crippen molar-refractivity contribution in [3.05, 3.63) is 27.7 Å². The van der Waals surface area contributed by atoms with E-state index >= 15 is 0 Å². The lowest BCUT2D eigenvalue weighted by molar-refractivity contribution is 0.583. The molecule has 0 radical (unpaired) electrons. The minimum absolute atomic E-state index is 0.290. The van der Waals surface area contributed by atoms with Crippen molar-refractivity contribution in [3.8, 4) is 0 Å². The Bertz CT molecular complexity index is 518. The molecule has 0 aromatic heterocycles. The second-order valence-corrected chi connectivity index (χ2v) is 7.37. The van der Waals surface area contributed by atoms with Crippen molar-refractivity contribution in [1.29, 1.82) is 0 Å². The molecule has 0 saturated heterocycles. The highest BCUT2D eigenvalue weighted by atomic mass is 79.9. The van der Waals surface area contributed by atoms with Crippen LogP contribution in [0.15, 0.2) is 21.5 Å². The maximum atomic E-state index is 12.2. The maximum Gasteiger partial charge on any atom is 0.240 e. The predicted octanol–water partition coefficient (Wildman–Crippen LogP) is 1.86. The number of hydrogen-bond acceptors (Lipinski definition) is 4. The van der Waals surface area contributed by atoms with Crippen molar-refractivity contribution in [2.45, 2.75) is 18.4 Å². The summed E-state index contributed by atoms with van der Waals surface area (Å²) in [5.41, 5.74) is 7.05. The van der Waals surface area contributed by atoms with Gasteiger partial charge in [0.1, 0.15) is 0 Å². The van der Waals surface area contributed by atoms with Gasteiger partial charge in [-0.3, -0.25) is 0 Å². The third-order valence-electron chi connectivity index (χ3n) is 2.48. The van der Waals surface area contributed by atoms with Crippen LogP contribution in [0.1, 0.15) is 11.1 Å². The van der Waals surface area contributed by atoms with E-state index in [-0.39, 0.29) is 0 Å². The second-order valence-electron chi connectivity index (χ2n) is 3.80. The average molecular weight is 353 g/mol. The monoisotopic (exact) mass is 352 g/mol. The molecule has 0 atom stereocenters. The molecule has 1 aromatic rings. The average Bonchev–Trinajstić information content (AvgIpc) is 2.32. The molecule has 0 unspecified atom stereocenters. The van der Waals surface area contributed by atoms with Gasteiger partial charge in [0, 0.05) is 23.3 Å². The van der Waals surface area contributed by atoms with E-state index in [0.29, 0.717) is 23.5 Å². The first-order valence-corrected chi connectivity index (χ1v) is 9.07. The minimum atomic E-state index is -3.47. The zero-order chi connectivity index (χ0) is 13.8. The van der Waals surface area contributed by atoms with Crippen molar-refractivity contribution in [3.63, 3.8) is 0 Å². The molecule has 0 heterocycles. The number of nitrogens with two attached hydrogens (primary N) is 1. The summed E-state index contributed by atoms with van der Waals surface area (Å²) in [5, 5.41) is 0. The van der Waals surface area contributed by atoms with E-state index in [2.05, 4.69) is 20.7 Å². The Morgan fingerprint density at radius 2 is 2.11 bits per heavy atom. The number of benzene rings is 1. The van der Waals surface area contributed by atoms with Gasteiger partial charge in [-0.05, 0) is 36.4 Å². The van der Waals surface area contributed by atoms with Crippen LogP contribution >= 0.6 is 27.7 Å². The van der Waals surface area contributed by atoms with Gasteiger partial charge in [-0.2, -0.15) is 11.8 Å². The Labute approximate surface area is 121 Å². The van der Waals surface area contributed by atoms with E-state index in [0.717, 1.165) is 15.8 Å². The molecule has 0 amide bonds. The van der Waals surface area contributed by atoms with E-state index in [1.165, 1.54) is 0 Å². The van der Waals surface area contributed by atoms with Gasteiger partial charge in [-0.1, -0.05) is 15.9 Å². The Morgan fingerprint density at radius 1 is 1.44 bits per heavy atom. The number of rotatable bonds is 6. The summed E-state index contributed by atoms with van der Waals surface area (Å²) in [4.78, 5) is 0.290. The van der Waals surface area contributed by atoms with Gasteiger partial charge in [-0.25, -0.2) is 13.1 Å².